The third-order valence-corrected chi connectivity index (χ3v) is 2.79. The van der Waals surface area contributed by atoms with Crippen molar-refractivity contribution in [1.29, 1.82) is 0 Å². The molecule has 13 heavy (non-hydrogen) atoms. The summed E-state index contributed by atoms with van der Waals surface area (Å²) in [6, 6.07) is 7.33. The molecular formula is C10H9O2S. The first kappa shape index (κ1) is 8.66. The van der Waals surface area contributed by atoms with E-state index in [1.807, 2.05) is 18.2 Å². The van der Waals surface area contributed by atoms with Crippen molar-refractivity contribution in [1.82, 2.24) is 0 Å². The Morgan fingerprint density at radius 1 is 1.38 bits per heavy atom. The summed E-state index contributed by atoms with van der Waals surface area (Å²) in [6.45, 7) is 3.69. The Labute approximate surface area is 79.7 Å². The van der Waals surface area contributed by atoms with Crippen LogP contribution in [0.2, 0.25) is 0 Å². The maximum Gasteiger partial charge on any atom is 0.153 e. The lowest BCUT2D eigenvalue weighted by molar-refractivity contribution is 0.594. The Hall–Kier alpha value is -0.930. The maximum absolute atomic E-state index is 11.2. The van der Waals surface area contributed by atoms with Gasteiger partial charge < -0.3 is 8.97 Å². The zero-order chi connectivity index (χ0) is 9.42. The highest BCUT2D eigenvalue weighted by Crippen LogP contribution is 2.22. The lowest BCUT2D eigenvalue weighted by Crippen LogP contribution is -1.95. The van der Waals surface area contributed by atoms with Crippen molar-refractivity contribution in [2.45, 2.75) is 4.90 Å². The minimum absolute atomic E-state index is 0.633. The Morgan fingerprint density at radius 2 is 2.15 bits per heavy atom. The van der Waals surface area contributed by atoms with Crippen LogP contribution < -0.4 is 0 Å². The van der Waals surface area contributed by atoms with Crippen molar-refractivity contribution in [3.05, 3.63) is 36.9 Å². The van der Waals surface area contributed by atoms with Crippen molar-refractivity contribution in [3.8, 4) is 0 Å². The van der Waals surface area contributed by atoms with Gasteiger partial charge in [-0.05, 0) is 29.4 Å². The molecule has 0 saturated carbocycles. The van der Waals surface area contributed by atoms with Gasteiger partial charge in [0.25, 0.3) is 0 Å². The molecule has 0 N–H and O–H groups in total. The van der Waals surface area contributed by atoms with E-state index in [-0.39, 0.29) is 0 Å². The van der Waals surface area contributed by atoms with Crippen molar-refractivity contribution in [2.75, 3.05) is 6.26 Å². The first-order valence-corrected chi connectivity index (χ1v) is 5.41. The summed E-state index contributed by atoms with van der Waals surface area (Å²) in [5.41, 5.74) is 0.791. The molecule has 0 saturated heterocycles. The van der Waals surface area contributed by atoms with Crippen molar-refractivity contribution in [3.63, 3.8) is 0 Å². The zero-order valence-corrected chi connectivity index (χ0v) is 8.06. The van der Waals surface area contributed by atoms with Crippen LogP contribution in [0.25, 0.3) is 11.0 Å². The third kappa shape index (κ3) is 1.57. The SMILES string of the molecule is [CH2]c1cc2cc([S+](C)[O-])ccc2o1. The van der Waals surface area contributed by atoms with Gasteiger partial charge in [-0.2, -0.15) is 0 Å². The summed E-state index contributed by atoms with van der Waals surface area (Å²) in [5.74, 6) is 0.633. The van der Waals surface area contributed by atoms with Gasteiger partial charge in [0.15, 0.2) is 4.90 Å². The van der Waals surface area contributed by atoms with Crippen LogP contribution >= 0.6 is 0 Å². The van der Waals surface area contributed by atoms with Gasteiger partial charge in [-0.1, -0.05) is 0 Å². The van der Waals surface area contributed by atoms with Gasteiger partial charge in [0.2, 0.25) is 0 Å². The highest BCUT2D eigenvalue weighted by molar-refractivity contribution is 7.90. The quantitative estimate of drug-likeness (QED) is 0.652. The van der Waals surface area contributed by atoms with Gasteiger partial charge in [-0.25, -0.2) is 0 Å². The van der Waals surface area contributed by atoms with Gasteiger partial charge in [0, 0.05) is 18.4 Å². The minimum atomic E-state index is -0.938. The molecular weight excluding hydrogens is 184 g/mol. The van der Waals surface area contributed by atoms with E-state index in [9.17, 15) is 4.55 Å². The Kier molecular flexibility index (Phi) is 2.06. The molecule has 2 rings (SSSR count). The molecule has 0 fully saturated rings. The number of hydrogen-bond acceptors (Lipinski definition) is 2. The molecule has 0 spiro atoms. The summed E-state index contributed by atoms with van der Waals surface area (Å²) >= 11 is -0.938. The number of rotatable bonds is 1. The molecule has 1 radical (unpaired) electrons. The minimum Gasteiger partial charge on any atom is -0.612 e. The molecule has 1 aromatic carbocycles. The monoisotopic (exact) mass is 193 g/mol. The highest BCUT2D eigenvalue weighted by Gasteiger charge is 2.07. The smallest absolute Gasteiger partial charge is 0.153 e. The van der Waals surface area contributed by atoms with E-state index in [4.69, 9.17) is 4.42 Å². The average molecular weight is 193 g/mol. The van der Waals surface area contributed by atoms with E-state index in [0.29, 0.717) is 5.76 Å². The van der Waals surface area contributed by atoms with E-state index in [1.165, 1.54) is 0 Å². The van der Waals surface area contributed by atoms with Gasteiger partial charge in [0.05, 0.1) is 0 Å². The predicted octanol–water partition coefficient (Wildman–Crippen LogP) is 2.35. The predicted molar refractivity (Wildman–Crippen MR) is 53.0 cm³/mol. The fraction of sp³-hybridized carbons (Fsp3) is 0.100. The number of furan rings is 1. The fourth-order valence-corrected chi connectivity index (χ4v) is 1.81. The van der Waals surface area contributed by atoms with Crippen LogP contribution in [0.5, 0.6) is 0 Å². The largest absolute Gasteiger partial charge is 0.612 e. The van der Waals surface area contributed by atoms with E-state index in [1.54, 1.807) is 12.3 Å². The van der Waals surface area contributed by atoms with Crippen molar-refractivity contribution >= 4 is 22.1 Å². The number of hydrogen-bond donors (Lipinski definition) is 0. The van der Waals surface area contributed by atoms with E-state index < -0.39 is 11.2 Å². The summed E-state index contributed by atoms with van der Waals surface area (Å²) < 4.78 is 16.5. The van der Waals surface area contributed by atoms with Crippen molar-refractivity contribution < 1.29 is 8.97 Å². The molecule has 1 unspecified atom stereocenters. The molecule has 0 aliphatic carbocycles. The van der Waals surface area contributed by atoms with Crippen LogP contribution in [0.3, 0.4) is 0 Å². The van der Waals surface area contributed by atoms with Crippen LogP contribution in [0.4, 0.5) is 0 Å². The summed E-state index contributed by atoms with van der Waals surface area (Å²) in [4.78, 5) is 0.813. The molecule has 2 aromatic rings. The number of fused-ring (bicyclic) bond motifs is 1. The van der Waals surface area contributed by atoms with Gasteiger partial charge >= 0.3 is 0 Å². The zero-order valence-electron chi connectivity index (χ0n) is 7.24. The summed E-state index contributed by atoms with van der Waals surface area (Å²) in [5, 5.41) is 0.956. The van der Waals surface area contributed by atoms with E-state index in [0.717, 1.165) is 15.9 Å². The molecule has 1 aromatic heterocycles. The van der Waals surface area contributed by atoms with Crippen molar-refractivity contribution in [2.24, 2.45) is 0 Å². The van der Waals surface area contributed by atoms with Gasteiger partial charge in [-0.3, -0.25) is 0 Å². The molecule has 0 aliphatic rings. The highest BCUT2D eigenvalue weighted by atomic mass is 32.2. The number of benzene rings is 1. The molecule has 3 heteroatoms. The van der Waals surface area contributed by atoms with E-state index in [2.05, 4.69) is 6.92 Å². The van der Waals surface area contributed by atoms with Crippen LogP contribution in [0.1, 0.15) is 5.76 Å². The van der Waals surface area contributed by atoms with Crippen LogP contribution in [-0.4, -0.2) is 10.8 Å². The van der Waals surface area contributed by atoms with Gasteiger partial charge in [0.1, 0.15) is 17.6 Å². The van der Waals surface area contributed by atoms with Gasteiger partial charge in [-0.15, -0.1) is 0 Å². The molecule has 0 bridgehead atoms. The average Bonchev–Trinajstić information content (AvgIpc) is 2.42. The molecule has 0 amide bonds. The summed E-state index contributed by atoms with van der Waals surface area (Å²) in [6.07, 6.45) is 1.66. The first-order valence-electron chi connectivity index (χ1n) is 3.86. The van der Waals surface area contributed by atoms with Crippen LogP contribution in [0.15, 0.2) is 33.6 Å². The van der Waals surface area contributed by atoms with Crippen LogP contribution in [0, 0.1) is 6.92 Å². The third-order valence-electron chi connectivity index (χ3n) is 1.87. The second kappa shape index (κ2) is 3.09. The summed E-state index contributed by atoms with van der Waals surface area (Å²) in [7, 11) is 0. The lowest BCUT2D eigenvalue weighted by atomic mass is 10.2. The fourth-order valence-electron chi connectivity index (χ4n) is 1.26. The first-order chi connectivity index (χ1) is 6.16. The topological polar surface area (TPSA) is 36.2 Å². The maximum atomic E-state index is 11.2. The normalized spacial score (nSPS) is 13.5. The Balaban J connectivity index is 2.61. The standard InChI is InChI=1S/C10H9O2S/c1-7-5-8-6-9(13(2)11)3-4-10(8)12-7/h3-6H,1H2,2H3. The molecule has 1 heterocycles. The molecule has 2 nitrogen and oxygen atoms in total. The second-order valence-electron chi connectivity index (χ2n) is 2.87. The van der Waals surface area contributed by atoms with Crippen LogP contribution in [-0.2, 0) is 11.2 Å². The molecule has 1 atom stereocenters. The van der Waals surface area contributed by atoms with E-state index >= 15 is 0 Å². The molecule has 67 valence electrons. The second-order valence-corrected chi connectivity index (χ2v) is 4.25. The molecule has 0 aliphatic heterocycles. The Bertz CT molecular complexity index is 431. The Morgan fingerprint density at radius 3 is 2.85 bits per heavy atom. The lowest BCUT2D eigenvalue weighted by Gasteiger charge is -2.02.